The van der Waals surface area contributed by atoms with Gasteiger partial charge in [0.15, 0.2) is 12.4 Å². The van der Waals surface area contributed by atoms with Crippen molar-refractivity contribution < 1.29 is 57.4 Å². The summed E-state index contributed by atoms with van der Waals surface area (Å²) in [6.07, 6.45) is 7.59. The second-order valence-corrected chi connectivity index (χ2v) is 2.49. The Labute approximate surface area is 122 Å². The molecule has 60 valence electrons. The molecule has 0 aliphatic rings. The minimum atomic E-state index is 0. The molecule has 0 unspecified atom stereocenters. The average molecular weight is 197 g/mol. The summed E-state index contributed by atoms with van der Waals surface area (Å²) in [7, 11) is 0. The fourth-order valence-corrected chi connectivity index (χ4v) is 1.09. The summed E-state index contributed by atoms with van der Waals surface area (Å²) in [4.78, 5) is 3.96. The molecule has 0 fully saturated rings. The minimum absolute atomic E-state index is 0. The van der Waals surface area contributed by atoms with Crippen LogP contribution >= 0.6 is 0 Å². The summed E-state index contributed by atoms with van der Waals surface area (Å²) in [6.45, 7) is 0. The van der Waals surface area contributed by atoms with Crippen molar-refractivity contribution in [3.63, 3.8) is 0 Å². The van der Waals surface area contributed by atoms with Gasteiger partial charge in [0.05, 0.1) is 0 Å². The number of hydrogen-bond acceptors (Lipinski definition) is 1. The smallest absolute Gasteiger partial charge is 1.00 e. The molecule has 2 aromatic heterocycles. The van der Waals surface area contributed by atoms with Gasteiger partial charge in [-0.25, -0.2) is 0 Å². The van der Waals surface area contributed by atoms with Crippen molar-refractivity contribution in [2.75, 3.05) is 0 Å². The first-order valence-corrected chi connectivity index (χ1v) is 3.83. The first-order valence-electron chi connectivity index (χ1n) is 3.83. The standard InChI is InChI=1S/C10H9N2.K.H/c1-2-8-12(9-3-1)10-4-6-11-7-5-10;;/h1-9H;;/q2*+1;-1. The maximum atomic E-state index is 3.96. The van der Waals surface area contributed by atoms with Crippen LogP contribution in [0.4, 0.5) is 0 Å². The molecule has 2 nitrogen and oxygen atoms in total. The van der Waals surface area contributed by atoms with Crippen molar-refractivity contribution >= 4 is 0 Å². The van der Waals surface area contributed by atoms with Crippen molar-refractivity contribution in [3.8, 4) is 5.69 Å². The second kappa shape index (κ2) is 5.62. The van der Waals surface area contributed by atoms with E-state index in [0.717, 1.165) is 5.69 Å². The van der Waals surface area contributed by atoms with Gasteiger partial charge >= 0.3 is 51.4 Å². The predicted octanol–water partition coefficient (Wildman–Crippen LogP) is -1.53. The van der Waals surface area contributed by atoms with E-state index in [4.69, 9.17) is 0 Å². The summed E-state index contributed by atoms with van der Waals surface area (Å²) in [6, 6.07) is 9.94. The number of rotatable bonds is 1. The number of pyridine rings is 2. The molecule has 13 heavy (non-hydrogen) atoms. The summed E-state index contributed by atoms with van der Waals surface area (Å²) in [5.74, 6) is 0. The van der Waals surface area contributed by atoms with Crippen LogP contribution in [0.2, 0.25) is 0 Å². The van der Waals surface area contributed by atoms with Gasteiger partial charge in [0.1, 0.15) is 0 Å². The van der Waals surface area contributed by atoms with Gasteiger partial charge in [0.2, 0.25) is 5.69 Å². The molecule has 0 bridgehead atoms. The Kier molecular flexibility index (Phi) is 4.76. The first kappa shape index (κ1) is 11.0. The van der Waals surface area contributed by atoms with E-state index in [1.807, 2.05) is 47.3 Å². The van der Waals surface area contributed by atoms with Crippen molar-refractivity contribution in [2.24, 2.45) is 0 Å². The van der Waals surface area contributed by atoms with E-state index in [1.165, 1.54) is 0 Å². The van der Waals surface area contributed by atoms with Gasteiger partial charge in [-0.05, 0) is 0 Å². The van der Waals surface area contributed by atoms with Gasteiger partial charge in [-0.2, -0.15) is 4.57 Å². The molecule has 0 saturated carbocycles. The zero-order valence-electron chi connectivity index (χ0n) is 8.59. The third kappa shape index (κ3) is 2.97. The summed E-state index contributed by atoms with van der Waals surface area (Å²) >= 11 is 0. The minimum Gasteiger partial charge on any atom is -1.00 e. The van der Waals surface area contributed by atoms with Gasteiger partial charge in [0, 0.05) is 36.7 Å². The molecular formula is C10H10KN2+. The maximum Gasteiger partial charge on any atom is 1.00 e. The number of aromatic nitrogens is 2. The Morgan fingerprint density at radius 1 is 1.00 bits per heavy atom. The summed E-state index contributed by atoms with van der Waals surface area (Å²) < 4.78 is 2.04. The summed E-state index contributed by atoms with van der Waals surface area (Å²) in [5.41, 5.74) is 1.13. The Morgan fingerprint density at radius 3 is 2.23 bits per heavy atom. The molecule has 2 heterocycles. The van der Waals surface area contributed by atoms with Crippen molar-refractivity contribution in [2.45, 2.75) is 0 Å². The molecular weight excluding hydrogens is 187 g/mol. The Hall–Kier alpha value is -0.0636. The zero-order chi connectivity index (χ0) is 8.23. The van der Waals surface area contributed by atoms with Crippen molar-refractivity contribution in [3.05, 3.63) is 55.1 Å². The normalized spacial score (nSPS) is 8.92. The third-order valence-electron chi connectivity index (χ3n) is 1.68. The van der Waals surface area contributed by atoms with E-state index in [-0.39, 0.29) is 52.8 Å². The van der Waals surface area contributed by atoms with Crippen LogP contribution in [0.3, 0.4) is 0 Å². The molecule has 0 atom stereocenters. The van der Waals surface area contributed by atoms with Crippen LogP contribution in [0.5, 0.6) is 0 Å². The molecule has 0 spiro atoms. The maximum absolute atomic E-state index is 3.96. The fourth-order valence-electron chi connectivity index (χ4n) is 1.09. The van der Waals surface area contributed by atoms with E-state index in [2.05, 4.69) is 4.98 Å². The van der Waals surface area contributed by atoms with Gasteiger partial charge in [-0.15, -0.1) is 0 Å². The van der Waals surface area contributed by atoms with E-state index in [1.54, 1.807) is 12.4 Å². The van der Waals surface area contributed by atoms with E-state index in [9.17, 15) is 0 Å². The van der Waals surface area contributed by atoms with Crippen molar-refractivity contribution in [1.29, 1.82) is 0 Å². The van der Waals surface area contributed by atoms with Crippen LogP contribution in [-0.2, 0) is 0 Å². The topological polar surface area (TPSA) is 16.8 Å². The average Bonchev–Trinajstić information content (AvgIpc) is 2.21. The molecule has 3 heteroatoms. The zero-order valence-corrected chi connectivity index (χ0v) is 10.7. The largest absolute Gasteiger partial charge is 1.00 e. The molecule has 0 aliphatic heterocycles. The Morgan fingerprint density at radius 2 is 1.62 bits per heavy atom. The number of hydrogen-bond donors (Lipinski definition) is 0. The van der Waals surface area contributed by atoms with Gasteiger partial charge in [0.25, 0.3) is 0 Å². The molecule has 2 rings (SSSR count). The second-order valence-electron chi connectivity index (χ2n) is 2.49. The van der Waals surface area contributed by atoms with Gasteiger partial charge < -0.3 is 1.43 Å². The SMILES string of the molecule is [H-].[K+].c1cc[n+](-c2ccncc2)cc1. The van der Waals surface area contributed by atoms with Crippen LogP contribution < -0.4 is 56.0 Å². The quantitative estimate of drug-likeness (QED) is 0.400. The monoisotopic (exact) mass is 197 g/mol. The Bertz CT molecular complexity index is 316. The number of nitrogens with zero attached hydrogens (tertiary/aromatic N) is 2. The van der Waals surface area contributed by atoms with Crippen LogP contribution in [0.25, 0.3) is 5.69 Å². The van der Waals surface area contributed by atoms with Crippen LogP contribution in [0, 0.1) is 0 Å². The molecule has 0 amide bonds. The van der Waals surface area contributed by atoms with E-state index in [0.29, 0.717) is 0 Å². The van der Waals surface area contributed by atoms with Crippen LogP contribution in [0.15, 0.2) is 55.1 Å². The van der Waals surface area contributed by atoms with E-state index >= 15 is 0 Å². The Balaban J connectivity index is 0.000000845. The fraction of sp³-hybridized carbons (Fsp3) is 0. The van der Waals surface area contributed by atoms with E-state index < -0.39 is 0 Å². The van der Waals surface area contributed by atoms with Crippen LogP contribution in [-0.4, -0.2) is 4.98 Å². The van der Waals surface area contributed by atoms with Gasteiger partial charge in [-0.1, -0.05) is 6.07 Å². The van der Waals surface area contributed by atoms with Gasteiger partial charge in [-0.3, -0.25) is 4.98 Å². The molecule has 0 aromatic carbocycles. The molecule has 0 radical (unpaired) electrons. The molecule has 2 aromatic rings. The first-order chi connectivity index (χ1) is 5.97. The third-order valence-corrected chi connectivity index (χ3v) is 1.68. The van der Waals surface area contributed by atoms with Crippen LogP contribution in [0.1, 0.15) is 1.43 Å². The summed E-state index contributed by atoms with van der Waals surface area (Å²) in [5, 5.41) is 0. The van der Waals surface area contributed by atoms with Crippen molar-refractivity contribution in [1.82, 2.24) is 4.98 Å². The molecule has 0 aliphatic carbocycles. The molecule has 0 saturated heterocycles. The molecule has 0 N–H and O–H groups in total. The predicted molar refractivity (Wildman–Crippen MR) is 46.9 cm³/mol.